The van der Waals surface area contributed by atoms with Gasteiger partial charge in [-0.2, -0.15) is 8.42 Å². The van der Waals surface area contributed by atoms with Crippen molar-refractivity contribution in [2.75, 3.05) is 6.26 Å². The number of hydrogen-bond donors (Lipinski definition) is 0. The fraction of sp³-hybridized carbons (Fsp3) is 0.167. The predicted octanol–water partition coefficient (Wildman–Crippen LogP) is 3.94. The summed E-state index contributed by atoms with van der Waals surface area (Å²) in [5.74, 6) is 0.695. The van der Waals surface area contributed by atoms with Gasteiger partial charge in [-0.05, 0) is 41.5 Å². The van der Waals surface area contributed by atoms with Gasteiger partial charge < -0.3 is 4.74 Å². The molecule has 3 rings (SSSR count). The summed E-state index contributed by atoms with van der Waals surface area (Å²) in [5.41, 5.74) is 2.42. The highest BCUT2D eigenvalue weighted by Gasteiger charge is 2.05. The molecule has 0 unspecified atom stereocenters. The lowest BCUT2D eigenvalue weighted by Crippen LogP contribution is -2.03. The second-order valence-corrected chi connectivity index (χ2v) is 7.66. The van der Waals surface area contributed by atoms with Gasteiger partial charge in [-0.1, -0.05) is 23.7 Å². The summed E-state index contributed by atoms with van der Waals surface area (Å²) in [6.45, 7) is 0.376. The fourth-order valence-corrected chi connectivity index (χ4v) is 2.85. The maximum atomic E-state index is 11.1. The lowest BCUT2D eigenvalue weighted by atomic mass is 10.1. The third kappa shape index (κ3) is 5.16. The molecule has 0 aliphatic carbocycles. The Kier molecular flexibility index (Phi) is 5.22. The molecular weight excluding hydrogens is 362 g/mol. The van der Waals surface area contributed by atoms with Crippen LogP contribution in [-0.2, 0) is 27.5 Å². The van der Waals surface area contributed by atoms with Gasteiger partial charge in [0.15, 0.2) is 0 Å². The Morgan fingerprint density at radius 1 is 1.04 bits per heavy atom. The number of benzene rings is 2. The van der Waals surface area contributed by atoms with E-state index in [1.807, 2.05) is 48.5 Å². The van der Waals surface area contributed by atoms with Gasteiger partial charge >= 0.3 is 0 Å². The maximum absolute atomic E-state index is 11.1. The van der Waals surface area contributed by atoms with Crippen LogP contribution in [0.5, 0.6) is 5.75 Å². The van der Waals surface area contributed by atoms with Gasteiger partial charge in [0.2, 0.25) is 0 Å². The number of nitrogens with zero attached hydrogens (tertiary/aromatic N) is 1. The van der Waals surface area contributed by atoms with Crippen LogP contribution in [0.4, 0.5) is 0 Å². The number of pyridine rings is 1. The minimum Gasteiger partial charge on any atom is -0.489 e. The first kappa shape index (κ1) is 17.7. The largest absolute Gasteiger partial charge is 0.489 e. The quantitative estimate of drug-likeness (QED) is 0.608. The van der Waals surface area contributed by atoms with Crippen LogP contribution in [0.25, 0.3) is 10.9 Å². The van der Waals surface area contributed by atoms with Crippen molar-refractivity contribution in [2.45, 2.75) is 13.2 Å². The van der Waals surface area contributed by atoms with E-state index >= 15 is 0 Å². The van der Waals surface area contributed by atoms with Crippen LogP contribution in [0.2, 0.25) is 5.02 Å². The lowest BCUT2D eigenvalue weighted by Gasteiger charge is -2.08. The normalized spacial score (nSPS) is 11.6. The second-order valence-electron chi connectivity index (χ2n) is 5.58. The molecule has 25 heavy (non-hydrogen) atoms. The lowest BCUT2D eigenvalue weighted by molar-refractivity contribution is 0.306. The summed E-state index contributed by atoms with van der Waals surface area (Å²) >= 11 is 5.96. The van der Waals surface area contributed by atoms with E-state index in [1.54, 1.807) is 6.20 Å². The summed E-state index contributed by atoms with van der Waals surface area (Å²) in [4.78, 5) is 4.34. The summed E-state index contributed by atoms with van der Waals surface area (Å²) < 4.78 is 32.7. The van der Waals surface area contributed by atoms with Crippen LogP contribution in [0.1, 0.15) is 11.1 Å². The fourth-order valence-electron chi connectivity index (χ4n) is 2.28. The molecule has 0 saturated carbocycles. The van der Waals surface area contributed by atoms with Gasteiger partial charge in [-0.25, -0.2) is 0 Å². The zero-order chi connectivity index (χ0) is 17.9. The number of fused-ring (bicyclic) bond motifs is 1. The van der Waals surface area contributed by atoms with E-state index < -0.39 is 10.1 Å². The van der Waals surface area contributed by atoms with Crippen molar-refractivity contribution in [3.05, 3.63) is 70.9 Å². The van der Waals surface area contributed by atoms with Gasteiger partial charge in [0.25, 0.3) is 10.1 Å². The van der Waals surface area contributed by atoms with Crippen molar-refractivity contribution in [3.8, 4) is 5.75 Å². The van der Waals surface area contributed by atoms with Crippen LogP contribution < -0.4 is 4.74 Å². The minimum absolute atomic E-state index is 0.0329. The van der Waals surface area contributed by atoms with E-state index in [2.05, 4.69) is 4.98 Å². The van der Waals surface area contributed by atoms with E-state index in [1.165, 1.54) is 0 Å². The summed E-state index contributed by atoms with van der Waals surface area (Å²) in [6, 6.07) is 14.9. The molecule has 0 atom stereocenters. The first-order valence-corrected chi connectivity index (χ1v) is 9.69. The summed E-state index contributed by atoms with van der Waals surface area (Å²) in [7, 11) is -3.48. The third-order valence-corrected chi connectivity index (χ3v) is 4.23. The average Bonchev–Trinajstić information content (AvgIpc) is 2.57. The van der Waals surface area contributed by atoms with Crippen molar-refractivity contribution in [1.29, 1.82) is 0 Å². The van der Waals surface area contributed by atoms with Crippen molar-refractivity contribution in [3.63, 3.8) is 0 Å². The van der Waals surface area contributed by atoms with Gasteiger partial charge in [0, 0.05) is 22.7 Å². The van der Waals surface area contributed by atoms with E-state index in [0.717, 1.165) is 22.7 Å². The Balaban J connectivity index is 1.72. The van der Waals surface area contributed by atoms with Crippen molar-refractivity contribution < 1.29 is 17.3 Å². The Morgan fingerprint density at radius 2 is 1.88 bits per heavy atom. The van der Waals surface area contributed by atoms with Crippen molar-refractivity contribution >= 4 is 32.6 Å². The molecule has 0 aliphatic rings. The molecule has 2 aromatic carbocycles. The zero-order valence-electron chi connectivity index (χ0n) is 13.5. The zero-order valence-corrected chi connectivity index (χ0v) is 15.0. The highest BCUT2D eigenvalue weighted by Crippen LogP contribution is 2.22. The number of aromatic nitrogens is 1. The molecule has 0 saturated heterocycles. The Morgan fingerprint density at radius 3 is 2.64 bits per heavy atom. The van der Waals surface area contributed by atoms with Crippen molar-refractivity contribution in [1.82, 2.24) is 4.98 Å². The Hall–Kier alpha value is -2.15. The van der Waals surface area contributed by atoms with E-state index in [9.17, 15) is 8.42 Å². The molecule has 5 nitrogen and oxygen atoms in total. The smallest absolute Gasteiger partial charge is 0.264 e. The number of halogens is 1. The van der Waals surface area contributed by atoms with E-state index in [4.69, 9.17) is 20.5 Å². The molecular formula is C18H16ClNO4S. The predicted molar refractivity (Wildman–Crippen MR) is 97.2 cm³/mol. The monoisotopic (exact) mass is 377 g/mol. The summed E-state index contributed by atoms with van der Waals surface area (Å²) in [5, 5.41) is 1.55. The van der Waals surface area contributed by atoms with Crippen LogP contribution in [0.3, 0.4) is 0 Å². The standard InChI is InChI=1S/C18H16ClNO4S/c1-25(21,22)24-12-14-7-15-5-6-17(9-18(15)20-10-14)23-11-13-3-2-4-16(19)8-13/h2-10H,11-12H2,1H3. The first-order chi connectivity index (χ1) is 11.9. The first-order valence-electron chi connectivity index (χ1n) is 7.49. The van der Waals surface area contributed by atoms with Crippen LogP contribution >= 0.6 is 11.6 Å². The molecule has 0 radical (unpaired) electrons. The minimum atomic E-state index is -3.48. The van der Waals surface area contributed by atoms with Crippen molar-refractivity contribution in [2.24, 2.45) is 0 Å². The molecule has 0 spiro atoms. The third-order valence-electron chi connectivity index (χ3n) is 3.45. The molecule has 0 N–H and O–H groups in total. The van der Waals surface area contributed by atoms with E-state index in [0.29, 0.717) is 22.9 Å². The second kappa shape index (κ2) is 7.39. The van der Waals surface area contributed by atoms with Gasteiger partial charge in [0.05, 0.1) is 18.4 Å². The molecule has 7 heteroatoms. The Bertz CT molecular complexity index is 1000. The highest BCUT2D eigenvalue weighted by atomic mass is 35.5. The highest BCUT2D eigenvalue weighted by molar-refractivity contribution is 7.85. The van der Waals surface area contributed by atoms with Gasteiger partial charge in [-0.3, -0.25) is 9.17 Å². The number of rotatable bonds is 6. The topological polar surface area (TPSA) is 65.5 Å². The van der Waals surface area contributed by atoms with Crippen LogP contribution in [-0.4, -0.2) is 19.7 Å². The van der Waals surface area contributed by atoms with E-state index in [-0.39, 0.29) is 6.61 Å². The van der Waals surface area contributed by atoms with Crippen LogP contribution in [0, 0.1) is 0 Å². The Labute approximate surface area is 151 Å². The SMILES string of the molecule is CS(=O)(=O)OCc1cnc2cc(OCc3cccc(Cl)c3)ccc2c1. The van der Waals surface area contributed by atoms with Gasteiger partial charge in [-0.15, -0.1) is 0 Å². The average molecular weight is 378 g/mol. The molecule has 1 heterocycles. The molecule has 130 valence electrons. The number of ether oxygens (including phenoxy) is 1. The van der Waals surface area contributed by atoms with Gasteiger partial charge in [0.1, 0.15) is 12.4 Å². The molecule has 0 bridgehead atoms. The molecule has 3 aromatic rings. The summed E-state index contributed by atoms with van der Waals surface area (Å²) in [6.07, 6.45) is 2.61. The molecule has 0 aliphatic heterocycles. The molecule has 1 aromatic heterocycles. The molecule has 0 amide bonds. The number of hydrogen-bond acceptors (Lipinski definition) is 5. The van der Waals surface area contributed by atoms with Crippen LogP contribution in [0.15, 0.2) is 54.7 Å². The maximum Gasteiger partial charge on any atom is 0.264 e. The molecule has 0 fully saturated rings.